The fourth-order valence-corrected chi connectivity index (χ4v) is 2.10. The van der Waals surface area contributed by atoms with Crippen LogP contribution in [0.4, 0.5) is 17.1 Å². The highest BCUT2D eigenvalue weighted by Crippen LogP contribution is 2.29. The molecule has 1 amide bonds. The van der Waals surface area contributed by atoms with Gasteiger partial charge in [0.1, 0.15) is 11.6 Å². The number of nitriles is 1. The van der Waals surface area contributed by atoms with Gasteiger partial charge in [0.2, 0.25) is 0 Å². The minimum Gasteiger partial charge on any atom is -0.493 e. The van der Waals surface area contributed by atoms with Crippen molar-refractivity contribution in [2.75, 3.05) is 24.9 Å². The Morgan fingerprint density at radius 3 is 2.30 bits per heavy atom. The zero-order valence-electron chi connectivity index (χ0n) is 14.6. The van der Waals surface area contributed by atoms with Crippen LogP contribution in [0, 0.1) is 21.4 Å². The van der Waals surface area contributed by atoms with Crippen molar-refractivity contribution in [3.8, 4) is 17.6 Å². The Kier molecular flexibility index (Phi) is 6.33. The first-order valence-corrected chi connectivity index (χ1v) is 7.63. The van der Waals surface area contributed by atoms with Crippen LogP contribution in [0.2, 0.25) is 0 Å². The number of benzene rings is 2. The molecule has 2 N–H and O–H groups in total. The van der Waals surface area contributed by atoms with E-state index in [0.29, 0.717) is 22.9 Å². The van der Waals surface area contributed by atoms with Crippen LogP contribution < -0.4 is 20.1 Å². The maximum Gasteiger partial charge on any atom is 0.269 e. The van der Waals surface area contributed by atoms with Crippen LogP contribution in [0.1, 0.15) is 0 Å². The van der Waals surface area contributed by atoms with Crippen LogP contribution in [-0.4, -0.2) is 25.1 Å². The Balaban J connectivity index is 2.10. The van der Waals surface area contributed by atoms with Crippen LogP contribution in [0.3, 0.4) is 0 Å². The van der Waals surface area contributed by atoms with Gasteiger partial charge >= 0.3 is 0 Å². The maximum absolute atomic E-state index is 12.2. The summed E-state index contributed by atoms with van der Waals surface area (Å²) >= 11 is 0. The zero-order valence-corrected chi connectivity index (χ0v) is 14.6. The number of carbonyl (C=O) groups is 1. The van der Waals surface area contributed by atoms with E-state index in [4.69, 9.17) is 9.47 Å². The minimum absolute atomic E-state index is 0.0980. The molecule has 27 heavy (non-hydrogen) atoms. The number of anilines is 2. The summed E-state index contributed by atoms with van der Waals surface area (Å²) in [5.41, 5.74) is 0.642. The molecule has 2 aromatic carbocycles. The number of carbonyl (C=O) groups excluding carboxylic acids is 1. The third-order valence-electron chi connectivity index (χ3n) is 3.47. The lowest BCUT2D eigenvalue weighted by molar-refractivity contribution is -0.384. The summed E-state index contributed by atoms with van der Waals surface area (Å²) < 4.78 is 10.3. The molecule has 0 fully saturated rings. The molecule has 0 aliphatic heterocycles. The molecule has 9 heteroatoms. The van der Waals surface area contributed by atoms with Crippen molar-refractivity contribution in [2.45, 2.75) is 0 Å². The number of amides is 1. The van der Waals surface area contributed by atoms with Crippen LogP contribution in [0.25, 0.3) is 0 Å². The van der Waals surface area contributed by atoms with Crippen molar-refractivity contribution in [1.82, 2.24) is 0 Å². The highest BCUT2D eigenvalue weighted by atomic mass is 16.6. The fraction of sp³-hybridized carbons (Fsp3) is 0.111. The first-order valence-electron chi connectivity index (χ1n) is 7.63. The van der Waals surface area contributed by atoms with Crippen LogP contribution >= 0.6 is 0 Å². The lowest BCUT2D eigenvalue weighted by atomic mass is 10.2. The summed E-state index contributed by atoms with van der Waals surface area (Å²) in [4.78, 5) is 22.3. The summed E-state index contributed by atoms with van der Waals surface area (Å²) in [5, 5.41) is 25.2. The lowest BCUT2D eigenvalue weighted by Crippen LogP contribution is -2.14. The molecule has 0 heterocycles. The summed E-state index contributed by atoms with van der Waals surface area (Å²) in [6.45, 7) is 0. The van der Waals surface area contributed by atoms with E-state index in [1.807, 2.05) is 0 Å². The van der Waals surface area contributed by atoms with Crippen LogP contribution in [0.15, 0.2) is 54.2 Å². The first kappa shape index (κ1) is 19.3. The average molecular weight is 368 g/mol. The average Bonchev–Trinajstić information content (AvgIpc) is 2.68. The van der Waals surface area contributed by atoms with Gasteiger partial charge in [-0.3, -0.25) is 14.9 Å². The Labute approximate surface area is 155 Å². The summed E-state index contributed by atoms with van der Waals surface area (Å²) in [5.74, 6) is 0.382. The smallest absolute Gasteiger partial charge is 0.269 e. The SMILES string of the molecule is COc1ccc(N/C=C(/C#N)C(=O)Nc2ccc([N+](=O)[O-])cc2)cc1OC. The monoisotopic (exact) mass is 368 g/mol. The van der Waals surface area contributed by atoms with Crippen molar-refractivity contribution < 1.29 is 19.2 Å². The van der Waals surface area contributed by atoms with E-state index in [1.165, 1.54) is 44.7 Å². The molecular formula is C18H16N4O5. The number of hydrogen-bond acceptors (Lipinski definition) is 7. The van der Waals surface area contributed by atoms with Gasteiger partial charge in [-0.05, 0) is 24.3 Å². The van der Waals surface area contributed by atoms with E-state index >= 15 is 0 Å². The Hall–Kier alpha value is -4.06. The van der Waals surface area contributed by atoms with Crippen molar-refractivity contribution in [2.24, 2.45) is 0 Å². The van der Waals surface area contributed by atoms with Crippen molar-refractivity contribution >= 4 is 23.0 Å². The van der Waals surface area contributed by atoms with E-state index in [2.05, 4.69) is 10.6 Å². The molecule has 2 rings (SSSR count). The topological polar surface area (TPSA) is 127 Å². The maximum atomic E-state index is 12.2. The molecule has 0 bridgehead atoms. The highest BCUT2D eigenvalue weighted by Gasteiger charge is 2.11. The molecule has 0 aliphatic carbocycles. The van der Waals surface area contributed by atoms with Gasteiger partial charge in [-0.1, -0.05) is 0 Å². The standard InChI is InChI=1S/C18H16N4O5/c1-26-16-8-5-14(9-17(16)27-2)20-11-12(10-19)18(23)21-13-3-6-15(7-4-13)22(24)25/h3-9,11,20H,1-2H3,(H,21,23)/b12-11-. The summed E-state index contributed by atoms with van der Waals surface area (Å²) in [6, 6.07) is 12.1. The van der Waals surface area contributed by atoms with Gasteiger partial charge in [-0.25, -0.2) is 0 Å². The molecule has 0 aromatic heterocycles. The van der Waals surface area contributed by atoms with Gasteiger partial charge in [0.05, 0.1) is 19.1 Å². The van der Waals surface area contributed by atoms with E-state index in [9.17, 15) is 20.2 Å². The van der Waals surface area contributed by atoms with Gasteiger partial charge < -0.3 is 20.1 Å². The molecule has 0 spiro atoms. The van der Waals surface area contributed by atoms with E-state index in [1.54, 1.807) is 24.3 Å². The Bertz CT molecular complexity index is 916. The fourth-order valence-electron chi connectivity index (χ4n) is 2.10. The van der Waals surface area contributed by atoms with Crippen LogP contribution in [-0.2, 0) is 4.79 Å². The first-order chi connectivity index (χ1) is 13.0. The van der Waals surface area contributed by atoms with Gasteiger partial charge in [0.25, 0.3) is 11.6 Å². The second-order valence-corrected chi connectivity index (χ2v) is 5.14. The normalized spacial score (nSPS) is 10.5. The predicted octanol–water partition coefficient (Wildman–Crippen LogP) is 3.07. The number of nitro groups is 1. The molecule has 138 valence electrons. The van der Waals surface area contributed by atoms with E-state index < -0.39 is 10.8 Å². The number of non-ortho nitro benzene ring substituents is 1. The van der Waals surface area contributed by atoms with Gasteiger partial charge in [0, 0.05) is 35.8 Å². The molecule has 0 aliphatic rings. The lowest BCUT2D eigenvalue weighted by Gasteiger charge is -2.09. The number of ether oxygens (including phenoxy) is 2. The number of nitrogens with zero attached hydrogens (tertiary/aromatic N) is 2. The van der Waals surface area contributed by atoms with Crippen molar-refractivity contribution in [3.63, 3.8) is 0 Å². The molecular weight excluding hydrogens is 352 g/mol. The second kappa shape index (κ2) is 8.87. The minimum atomic E-state index is -0.653. The van der Waals surface area contributed by atoms with Gasteiger partial charge in [-0.15, -0.1) is 0 Å². The van der Waals surface area contributed by atoms with Gasteiger partial charge in [-0.2, -0.15) is 5.26 Å². The molecule has 9 nitrogen and oxygen atoms in total. The molecule has 0 atom stereocenters. The second-order valence-electron chi connectivity index (χ2n) is 5.14. The largest absolute Gasteiger partial charge is 0.493 e. The molecule has 0 saturated carbocycles. The number of hydrogen-bond donors (Lipinski definition) is 2. The predicted molar refractivity (Wildman–Crippen MR) is 98.6 cm³/mol. The summed E-state index contributed by atoms with van der Waals surface area (Å²) in [6.07, 6.45) is 1.25. The summed E-state index contributed by atoms with van der Waals surface area (Å²) in [7, 11) is 3.01. The van der Waals surface area contributed by atoms with Gasteiger partial charge in [0.15, 0.2) is 11.5 Å². The Morgan fingerprint density at radius 1 is 1.11 bits per heavy atom. The molecule has 0 unspecified atom stereocenters. The quantitative estimate of drug-likeness (QED) is 0.333. The molecule has 2 aromatic rings. The van der Waals surface area contributed by atoms with E-state index in [0.717, 1.165) is 0 Å². The van der Waals surface area contributed by atoms with Crippen molar-refractivity contribution in [3.05, 3.63) is 64.4 Å². The number of nitrogens with one attached hydrogen (secondary N) is 2. The zero-order chi connectivity index (χ0) is 19.8. The third kappa shape index (κ3) is 4.96. The number of nitro benzene ring substituents is 1. The number of rotatable bonds is 7. The van der Waals surface area contributed by atoms with E-state index in [-0.39, 0.29) is 11.3 Å². The molecule has 0 saturated heterocycles. The highest BCUT2D eigenvalue weighted by molar-refractivity contribution is 6.06. The van der Waals surface area contributed by atoms with Crippen molar-refractivity contribution in [1.29, 1.82) is 5.26 Å². The molecule has 0 radical (unpaired) electrons. The Morgan fingerprint density at radius 2 is 1.74 bits per heavy atom. The van der Waals surface area contributed by atoms with Crippen LogP contribution in [0.5, 0.6) is 11.5 Å². The number of methoxy groups -OCH3 is 2. The third-order valence-corrected chi connectivity index (χ3v) is 3.47.